The van der Waals surface area contributed by atoms with Gasteiger partial charge in [0.05, 0.1) is 12.0 Å². The maximum Gasteiger partial charge on any atom is 0.305 e. The van der Waals surface area contributed by atoms with Crippen LogP contribution in [0.4, 0.5) is 4.39 Å². The van der Waals surface area contributed by atoms with Crippen LogP contribution in [-0.4, -0.2) is 23.0 Å². The number of amides is 1. The monoisotopic (exact) mass is 287 g/mol. The summed E-state index contributed by atoms with van der Waals surface area (Å²) in [6.07, 6.45) is -0.217. The zero-order valence-electron chi connectivity index (χ0n) is 10.6. The molecule has 19 heavy (non-hydrogen) atoms. The highest BCUT2D eigenvalue weighted by molar-refractivity contribution is 6.31. The van der Waals surface area contributed by atoms with E-state index in [4.69, 9.17) is 16.7 Å². The molecule has 0 heterocycles. The predicted molar refractivity (Wildman–Crippen MR) is 69.8 cm³/mol. The van der Waals surface area contributed by atoms with E-state index < -0.39 is 23.7 Å². The van der Waals surface area contributed by atoms with Gasteiger partial charge in [0.25, 0.3) is 5.91 Å². The molecule has 1 aromatic rings. The van der Waals surface area contributed by atoms with Gasteiger partial charge in [0.2, 0.25) is 0 Å². The molecule has 0 saturated heterocycles. The fourth-order valence-corrected chi connectivity index (χ4v) is 1.73. The van der Waals surface area contributed by atoms with Crippen LogP contribution in [0.2, 0.25) is 5.02 Å². The molecule has 0 fully saturated rings. The van der Waals surface area contributed by atoms with Crippen molar-refractivity contribution in [2.45, 2.75) is 26.3 Å². The van der Waals surface area contributed by atoms with Crippen LogP contribution in [0.1, 0.15) is 30.6 Å². The highest BCUT2D eigenvalue weighted by Gasteiger charge is 2.21. The maximum atomic E-state index is 13.5. The van der Waals surface area contributed by atoms with E-state index in [-0.39, 0.29) is 22.9 Å². The average molecular weight is 288 g/mol. The molecule has 2 N–H and O–H groups in total. The van der Waals surface area contributed by atoms with Gasteiger partial charge in [-0.1, -0.05) is 25.4 Å². The van der Waals surface area contributed by atoms with Crippen LogP contribution < -0.4 is 5.32 Å². The van der Waals surface area contributed by atoms with Gasteiger partial charge in [-0.25, -0.2) is 4.39 Å². The summed E-state index contributed by atoms with van der Waals surface area (Å²) in [7, 11) is 0. The van der Waals surface area contributed by atoms with Gasteiger partial charge in [-0.15, -0.1) is 0 Å². The molecule has 0 aliphatic heterocycles. The molecular weight excluding hydrogens is 273 g/mol. The third-order valence-electron chi connectivity index (χ3n) is 2.69. The Morgan fingerprint density at radius 2 is 2.05 bits per heavy atom. The van der Waals surface area contributed by atoms with Crippen LogP contribution in [0.25, 0.3) is 0 Å². The number of rotatable bonds is 5. The van der Waals surface area contributed by atoms with E-state index in [9.17, 15) is 14.0 Å². The highest BCUT2D eigenvalue weighted by atomic mass is 35.5. The second-order valence-corrected chi connectivity index (χ2v) is 4.98. The first kappa shape index (κ1) is 15.4. The van der Waals surface area contributed by atoms with E-state index in [1.165, 1.54) is 12.1 Å². The minimum atomic E-state index is -1.02. The number of carboxylic acids is 1. The van der Waals surface area contributed by atoms with E-state index in [1.54, 1.807) is 13.8 Å². The first-order valence-electron chi connectivity index (χ1n) is 5.79. The minimum absolute atomic E-state index is 0.0812. The van der Waals surface area contributed by atoms with Crippen molar-refractivity contribution in [3.05, 3.63) is 34.6 Å². The van der Waals surface area contributed by atoms with Crippen molar-refractivity contribution < 1.29 is 19.1 Å². The van der Waals surface area contributed by atoms with Crippen LogP contribution in [-0.2, 0) is 4.79 Å². The second-order valence-electron chi connectivity index (χ2n) is 4.55. The van der Waals surface area contributed by atoms with Crippen LogP contribution in [0.15, 0.2) is 18.2 Å². The summed E-state index contributed by atoms with van der Waals surface area (Å²) in [5.41, 5.74) is -0.191. The highest BCUT2D eigenvalue weighted by Crippen LogP contribution is 2.16. The summed E-state index contributed by atoms with van der Waals surface area (Å²) >= 11 is 5.70. The largest absolute Gasteiger partial charge is 0.481 e. The summed E-state index contributed by atoms with van der Waals surface area (Å²) in [5, 5.41) is 11.5. The Balaban J connectivity index is 2.87. The Morgan fingerprint density at radius 1 is 1.42 bits per heavy atom. The van der Waals surface area contributed by atoms with Gasteiger partial charge >= 0.3 is 5.97 Å². The van der Waals surface area contributed by atoms with Crippen LogP contribution in [0.3, 0.4) is 0 Å². The van der Waals surface area contributed by atoms with Crippen LogP contribution in [0.5, 0.6) is 0 Å². The number of aliphatic carboxylic acids is 1. The molecule has 0 aliphatic carbocycles. The maximum absolute atomic E-state index is 13.5. The van der Waals surface area contributed by atoms with Gasteiger partial charge in [-0.2, -0.15) is 0 Å². The number of carbonyl (C=O) groups excluding carboxylic acids is 1. The normalized spacial score (nSPS) is 12.3. The Morgan fingerprint density at radius 3 is 2.58 bits per heavy atom. The Kier molecular flexibility index (Phi) is 5.30. The van der Waals surface area contributed by atoms with Crippen molar-refractivity contribution in [3.8, 4) is 0 Å². The number of carbonyl (C=O) groups is 2. The molecule has 0 radical (unpaired) electrons. The lowest BCUT2D eigenvalue weighted by molar-refractivity contribution is -0.137. The van der Waals surface area contributed by atoms with E-state index in [1.807, 2.05) is 0 Å². The third kappa shape index (κ3) is 4.52. The van der Waals surface area contributed by atoms with E-state index >= 15 is 0 Å². The summed E-state index contributed by atoms with van der Waals surface area (Å²) < 4.78 is 13.5. The van der Waals surface area contributed by atoms with Crippen molar-refractivity contribution in [3.63, 3.8) is 0 Å². The number of halogens is 2. The molecule has 0 aromatic heterocycles. The van der Waals surface area contributed by atoms with Gasteiger partial charge in [0.15, 0.2) is 0 Å². The fourth-order valence-electron chi connectivity index (χ4n) is 1.56. The summed E-state index contributed by atoms with van der Waals surface area (Å²) in [6.45, 7) is 3.56. The number of carboxylic acid groups (broad SMARTS) is 1. The SMILES string of the molecule is CC(C)[C@@H](CC(=O)O)NC(=O)c1cc(Cl)ccc1F. The molecule has 1 amide bonds. The van der Waals surface area contributed by atoms with Gasteiger partial charge < -0.3 is 10.4 Å². The lowest BCUT2D eigenvalue weighted by Crippen LogP contribution is -2.40. The number of hydrogen-bond donors (Lipinski definition) is 2. The standard InChI is InChI=1S/C13H15ClFNO3/c1-7(2)11(6-12(17)18)16-13(19)9-5-8(14)3-4-10(9)15/h3-5,7,11H,6H2,1-2H3,(H,16,19)(H,17,18)/t11-/m1/s1. The Hall–Kier alpha value is -1.62. The molecule has 4 nitrogen and oxygen atoms in total. The lowest BCUT2D eigenvalue weighted by atomic mass is 10.0. The molecule has 0 saturated carbocycles. The van der Waals surface area contributed by atoms with E-state index in [0.29, 0.717) is 0 Å². The van der Waals surface area contributed by atoms with Gasteiger partial charge in [-0.3, -0.25) is 9.59 Å². The molecule has 0 unspecified atom stereocenters. The molecule has 1 atom stereocenters. The quantitative estimate of drug-likeness (QED) is 0.875. The fraction of sp³-hybridized carbons (Fsp3) is 0.385. The molecule has 6 heteroatoms. The zero-order valence-corrected chi connectivity index (χ0v) is 11.4. The van der Waals surface area contributed by atoms with Crippen LogP contribution >= 0.6 is 11.6 Å². The first-order chi connectivity index (χ1) is 8.81. The Bertz CT molecular complexity index is 491. The van der Waals surface area contributed by atoms with Crippen molar-refractivity contribution >= 4 is 23.5 Å². The molecular formula is C13H15ClFNO3. The topological polar surface area (TPSA) is 66.4 Å². The summed E-state index contributed by atoms with van der Waals surface area (Å²) in [6, 6.07) is 3.08. The van der Waals surface area contributed by atoms with Gasteiger partial charge in [0.1, 0.15) is 5.82 Å². The lowest BCUT2D eigenvalue weighted by Gasteiger charge is -2.20. The van der Waals surface area contributed by atoms with Crippen molar-refractivity contribution in [1.29, 1.82) is 0 Å². The zero-order chi connectivity index (χ0) is 14.6. The minimum Gasteiger partial charge on any atom is -0.481 e. The third-order valence-corrected chi connectivity index (χ3v) is 2.92. The molecule has 0 spiro atoms. The average Bonchev–Trinajstić information content (AvgIpc) is 2.30. The Labute approximate surface area is 115 Å². The van der Waals surface area contributed by atoms with Crippen LogP contribution in [0, 0.1) is 11.7 Å². The molecule has 1 aromatic carbocycles. The number of hydrogen-bond acceptors (Lipinski definition) is 2. The molecule has 0 bridgehead atoms. The summed E-state index contributed by atoms with van der Waals surface area (Å²) in [5.74, 6) is -2.47. The number of nitrogens with one attached hydrogen (secondary N) is 1. The first-order valence-corrected chi connectivity index (χ1v) is 6.16. The molecule has 0 aliphatic rings. The molecule has 104 valence electrons. The summed E-state index contributed by atoms with van der Waals surface area (Å²) in [4.78, 5) is 22.6. The second kappa shape index (κ2) is 6.52. The number of benzene rings is 1. The predicted octanol–water partition coefficient (Wildman–Crippen LogP) is 2.71. The van der Waals surface area contributed by atoms with Crippen molar-refractivity contribution in [2.75, 3.05) is 0 Å². The van der Waals surface area contributed by atoms with E-state index in [0.717, 1.165) is 6.07 Å². The van der Waals surface area contributed by atoms with Gasteiger partial charge in [-0.05, 0) is 24.1 Å². The van der Waals surface area contributed by atoms with Gasteiger partial charge in [0, 0.05) is 11.1 Å². The van der Waals surface area contributed by atoms with Crippen molar-refractivity contribution in [2.24, 2.45) is 5.92 Å². The smallest absolute Gasteiger partial charge is 0.305 e. The van der Waals surface area contributed by atoms with Crippen molar-refractivity contribution in [1.82, 2.24) is 5.32 Å². The molecule has 1 rings (SSSR count). The van der Waals surface area contributed by atoms with E-state index in [2.05, 4.69) is 5.32 Å².